The van der Waals surface area contributed by atoms with Crippen LogP contribution in [0.1, 0.15) is 52.7 Å². The topological polar surface area (TPSA) is 41.3 Å². The molecular weight excluding hydrogens is 346 g/mol. The Morgan fingerprint density at radius 2 is 1.39 bits per heavy atom. The Balaban J connectivity index is 2.07. The van der Waals surface area contributed by atoms with Crippen molar-refractivity contribution >= 4 is 11.5 Å². The van der Waals surface area contributed by atoms with Crippen molar-refractivity contribution in [3.8, 4) is 11.4 Å². The van der Waals surface area contributed by atoms with Crippen LogP contribution in [-0.4, -0.2) is 21.9 Å². The molecule has 148 valence electrons. The van der Waals surface area contributed by atoms with E-state index >= 15 is 0 Å². The molecule has 0 radical (unpaired) electrons. The molecule has 0 aliphatic carbocycles. The van der Waals surface area contributed by atoms with Crippen LogP contribution in [0.2, 0.25) is 0 Å². The van der Waals surface area contributed by atoms with Gasteiger partial charge in [-0.15, -0.1) is 5.10 Å². The summed E-state index contributed by atoms with van der Waals surface area (Å²) < 4.78 is 1.88. The highest BCUT2D eigenvalue weighted by Crippen LogP contribution is 2.42. The van der Waals surface area contributed by atoms with E-state index in [1.165, 1.54) is 0 Å². The first kappa shape index (κ1) is 20.0. The molecule has 0 saturated heterocycles. The van der Waals surface area contributed by atoms with Gasteiger partial charge in [0, 0.05) is 36.1 Å². The molecule has 0 aliphatic rings. The number of aromatic hydroxyl groups is 1. The van der Waals surface area contributed by atoms with E-state index in [0.717, 1.165) is 28.3 Å². The van der Waals surface area contributed by atoms with Crippen molar-refractivity contribution in [2.45, 2.75) is 52.4 Å². The van der Waals surface area contributed by atoms with Gasteiger partial charge in [-0.25, -0.2) is 4.68 Å². The summed E-state index contributed by atoms with van der Waals surface area (Å²) in [6.45, 7) is 12.8. The summed E-state index contributed by atoms with van der Waals surface area (Å²) in [6.07, 6.45) is 1.97. The van der Waals surface area contributed by atoms with Crippen molar-refractivity contribution < 1.29 is 5.11 Å². The zero-order valence-corrected chi connectivity index (χ0v) is 18.0. The molecule has 1 heterocycles. The molecule has 4 heteroatoms. The third kappa shape index (κ3) is 3.91. The van der Waals surface area contributed by atoms with E-state index in [1.807, 2.05) is 54.3 Å². The number of hydrogen-bond donors (Lipinski definition) is 1. The molecule has 3 aromatic rings. The van der Waals surface area contributed by atoms with Crippen molar-refractivity contribution in [2.24, 2.45) is 0 Å². The number of para-hydroxylation sites is 1. The first-order valence-corrected chi connectivity index (χ1v) is 9.71. The van der Waals surface area contributed by atoms with Crippen molar-refractivity contribution in [3.05, 3.63) is 65.9 Å². The Morgan fingerprint density at radius 3 is 1.89 bits per heavy atom. The number of aromatic nitrogens is 2. The van der Waals surface area contributed by atoms with Gasteiger partial charge in [-0.1, -0.05) is 59.7 Å². The number of hydrogen-bond acceptors (Lipinski definition) is 3. The fraction of sp³-hybridized carbons (Fsp3) is 0.375. The van der Waals surface area contributed by atoms with Gasteiger partial charge in [-0.05, 0) is 35.1 Å². The molecule has 0 aliphatic heterocycles. The number of benzene rings is 2. The van der Waals surface area contributed by atoms with Gasteiger partial charge in [0.1, 0.15) is 5.75 Å². The number of phenols is 1. The molecular formula is C24H31N3O. The SMILES string of the molecule is CN(c1cc(C(C)(C)C)c(O)c(C(C)(C)C)c1)c1ccn(-c2ccccc2)n1. The maximum Gasteiger partial charge on any atom is 0.155 e. The molecule has 1 aromatic heterocycles. The Labute approximate surface area is 168 Å². The lowest BCUT2D eigenvalue weighted by atomic mass is 9.79. The van der Waals surface area contributed by atoms with Gasteiger partial charge in [0.2, 0.25) is 0 Å². The van der Waals surface area contributed by atoms with E-state index < -0.39 is 0 Å². The molecule has 3 rings (SSSR count). The maximum absolute atomic E-state index is 11.0. The second-order valence-corrected chi connectivity index (χ2v) is 9.40. The van der Waals surface area contributed by atoms with Gasteiger partial charge in [-0.2, -0.15) is 0 Å². The first-order chi connectivity index (χ1) is 13.0. The quantitative estimate of drug-likeness (QED) is 0.614. The standard InChI is InChI=1S/C24H31N3O/c1-23(2,3)19-15-18(16-20(22(19)28)24(4,5)6)26(7)21-13-14-27(25-21)17-11-9-8-10-12-17/h8-16,28H,1-7H3. The highest BCUT2D eigenvalue weighted by molar-refractivity contribution is 5.66. The highest BCUT2D eigenvalue weighted by atomic mass is 16.3. The van der Waals surface area contributed by atoms with Gasteiger partial charge >= 0.3 is 0 Å². The molecule has 0 bridgehead atoms. The average molecular weight is 378 g/mol. The van der Waals surface area contributed by atoms with E-state index in [4.69, 9.17) is 5.10 Å². The Bertz CT molecular complexity index is 925. The minimum absolute atomic E-state index is 0.162. The number of rotatable bonds is 3. The van der Waals surface area contributed by atoms with E-state index in [9.17, 15) is 5.11 Å². The molecule has 28 heavy (non-hydrogen) atoms. The number of nitrogens with zero attached hydrogens (tertiary/aromatic N) is 3. The molecule has 2 aromatic carbocycles. The van der Waals surface area contributed by atoms with Gasteiger partial charge in [0.25, 0.3) is 0 Å². The van der Waals surface area contributed by atoms with Gasteiger partial charge in [0.15, 0.2) is 5.82 Å². The Kier molecular flexibility index (Phi) is 5.00. The van der Waals surface area contributed by atoms with Gasteiger partial charge in [-0.3, -0.25) is 0 Å². The third-order valence-corrected chi connectivity index (χ3v) is 5.04. The monoisotopic (exact) mass is 377 g/mol. The van der Waals surface area contributed by atoms with Crippen LogP contribution in [0.3, 0.4) is 0 Å². The molecule has 0 unspecified atom stereocenters. The van der Waals surface area contributed by atoms with E-state index in [2.05, 4.69) is 58.6 Å². The summed E-state index contributed by atoms with van der Waals surface area (Å²) in [6, 6.07) is 16.2. The van der Waals surface area contributed by atoms with E-state index in [-0.39, 0.29) is 10.8 Å². The number of phenolic OH excluding ortho intramolecular Hbond substituents is 1. The minimum atomic E-state index is -0.162. The predicted molar refractivity (Wildman–Crippen MR) is 117 cm³/mol. The first-order valence-electron chi connectivity index (χ1n) is 9.71. The van der Waals surface area contributed by atoms with Crippen LogP contribution in [0.4, 0.5) is 11.5 Å². The molecule has 1 N–H and O–H groups in total. The molecule has 4 nitrogen and oxygen atoms in total. The average Bonchev–Trinajstić information content (AvgIpc) is 3.10. The molecule has 0 saturated carbocycles. The van der Waals surface area contributed by atoms with Crippen LogP contribution >= 0.6 is 0 Å². The highest BCUT2D eigenvalue weighted by Gasteiger charge is 2.27. The lowest BCUT2D eigenvalue weighted by Crippen LogP contribution is -2.20. The Hall–Kier alpha value is -2.75. The molecule has 0 amide bonds. The van der Waals surface area contributed by atoms with Crippen LogP contribution in [0.25, 0.3) is 5.69 Å². The Morgan fingerprint density at radius 1 is 0.857 bits per heavy atom. The largest absolute Gasteiger partial charge is 0.507 e. The maximum atomic E-state index is 11.0. The zero-order chi connectivity index (χ0) is 20.7. The minimum Gasteiger partial charge on any atom is -0.507 e. The summed E-state index contributed by atoms with van der Waals surface area (Å²) in [5.74, 6) is 1.25. The molecule has 0 spiro atoms. The van der Waals surface area contributed by atoms with Crippen LogP contribution in [0, 0.1) is 0 Å². The van der Waals surface area contributed by atoms with Crippen LogP contribution in [0.5, 0.6) is 5.75 Å². The van der Waals surface area contributed by atoms with Crippen molar-refractivity contribution in [1.29, 1.82) is 0 Å². The van der Waals surface area contributed by atoms with E-state index in [1.54, 1.807) is 0 Å². The van der Waals surface area contributed by atoms with Crippen LogP contribution in [-0.2, 0) is 10.8 Å². The number of anilines is 2. The summed E-state index contributed by atoms with van der Waals surface area (Å²) in [7, 11) is 2.02. The van der Waals surface area contributed by atoms with Crippen LogP contribution in [0.15, 0.2) is 54.7 Å². The predicted octanol–water partition coefficient (Wildman–Crippen LogP) is 5.94. The van der Waals surface area contributed by atoms with Crippen LogP contribution < -0.4 is 4.90 Å². The van der Waals surface area contributed by atoms with Crippen molar-refractivity contribution in [2.75, 3.05) is 11.9 Å². The second kappa shape index (κ2) is 7.01. The lowest BCUT2D eigenvalue weighted by Gasteiger charge is -2.30. The van der Waals surface area contributed by atoms with Crippen molar-refractivity contribution in [3.63, 3.8) is 0 Å². The summed E-state index contributed by atoms with van der Waals surface area (Å²) in [5.41, 5.74) is 3.62. The summed E-state index contributed by atoms with van der Waals surface area (Å²) in [4.78, 5) is 2.07. The second-order valence-electron chi connectivity index (χ2n) is 9.40. The lowest BCUT2D eigenvalue weighted by molar-refractivity contribution is 0.423. The van der Waals surface area contributed by atoms with Gasteiger partial charge in [0.05, 0.1) is 5.69 Å². The fourth-order valence-electron chi connectivity index (χ4n) is 3.31. The smallest absolute Gasteiger partial charge is 0.155 e. The summed E-state index contributed by atoms with van der Waals surface area (Å²) >= 11 is 0. The molecule has 0 atom stereocenters. The summed E-state index contributed by atoms with van der Waals surface area (Å²) in [5, 5.41) is 15.7. The van der Waals surface area contributed by atoms with E-state index in [0.29, 0.717) is 5.75 Å². The fourth-order valence-corrected chi connectivity index (χ4v) is 3.31. The van der Waals surface area contributed by atoms with Gasteiger partial charge < -0.3 is 10.0 Å². The van der Waals surface area contributed by atoms with Crippen molar-refractivity contribution in [1.82, 2.24) is 9.78 Å². The zero-order valence-electron chi connectivity index (χ0n) is 18.0. The molecule has 0 fully saturated rings. The normalized spacial score (nSPS) is 12.2. The third-order valence-electron chi connectivity index (χ3n) is 5.04.